The molecular formula is C15H11ClO5. The Kier molecular flexibility index (Phi) is 4.79. The molecule has 0 atom stereocenters. The predicted molar refractivity (Wildman–Crippen MR) is 75.7 cm³/mol. The Hall–Kier alpha value is -2.53. The van der Waals surface area contributed by atoms with E-state index < -0.39 is 11.9 Å². The smallest absolute Gasteiger partial charge is 0.423 e. The van der Waals surface area contributed by atoms with Crippen molar-refractivity contribution < 1.29 is 23.8 Å². The third-order valence-corrected chi connectivity index (χ3v) is 2.71. The lowest BCUT2D eigenvalue weighted by molar-refractivity contribution is -0.156. The van der Waals surface area contributed by atoms with E-state index in [1.807, 2.05) is 0 Å². The van der Waals surface area contributed by atoms with Gasteiger partial charge in [0.05, 0.1) is 7.11 Å². The summed E-state index contributed by atoms with van der Waals surface area (Å²) in [6.45, 7) is 0. The van der Waals surface area contributed by atoms with Gasteiger partial charge in [0, 0.05) is 5.02 Å². The number of ether oxygens (including phenoxy) is 3. The number of benzene rings is 2. The number of hydrogen-bond acceptors (Lipinski definition) is 5. The average molecular weight is 307 g/mol. The van der Waals surface area contributed by atoms with Crippen LogP contribution in [0.2, 0.25) is 5.02 Å². The average Bonchev–Trinajstić information content (AvgIpc) is 2.50. The lowest BCUT2D eigenvalue weighted by atomic mass is 10.3. The van der Waals surface area contributed by atoms with Crippen LogP contribution in [0.25, 0.3) is 0 Å². The fourth-order valence-electron chi connectivity index (χ4n) is 1.44. The van der Waals surface area contributed by atoms with Crippen molar-refractivity contribution in [2.45, 2.75) is 0 Å². The second-order valence-electron chi connectivity index (χ2n) is 3.91. The number of methoxy groups -OCH3 is 1. The second-order valence-corrected chi connectivity index (χ2v) is 4.34. The molecule has 2 aromatic carbocycles. The van der Waals surface area contributed by atoms with Gasteiger partial charge in [0.2, 0.25) is 0 Å². The lowest BCUT2D eigenvalue weighted by Crippen LogP contribution is -2.25. The van der Waals surface area contributed by atoms with Crippen molar-refractivity contribution in [2.75, 3.05) is 7.11 Å². The number of halogens is 1. The summed E-state index contributed by atoms with van der Waals surface area (Å²) in [5.74, 6) is -1.20. The maximum Gasteiger partial charge on any atom is 0.423 e. The van der Waals surface area contributed by atoms with E-state index in [0.717, 1.165) is 0 Å². The highest BCUT2D eigenvalue weighted by Gasteiger charge is 2.19. The second kappa shape index (κ2) is 6.76. The first kappa shape index (κ1) is 14.9. The highest BCUT2D eigenvalue weighted by Crippen LogP contribution is 2.18. The molecule has 2 rings (SSSR count). The molecule has 0 unspecified atom stereocenters. The molecule has 0 amide bonds. The van der Waals surface area contributed by atoms with Gasteiger partial charge in [-0.05, 0) is 48.5 Å². The fraction of sp³-hybridized carbons (Fsp3) is 0.0667. The Balaban J connectivity index is 1.95. The molecule has 21 heavy (non-hydrogen) atoms. The van der Waals surface area contributed by atoms with E-state index in [2.05, 4.69) is 0 Å². The van der Waals surface area contributed by atoms with Crippen molar-refractivity contribution in [3.05, 3.63) is 53.6 Å². The quantitative estimate of drug-likeness (QED) is 0.496. The highest BCUT2D eigenvalue weighted by molar-refractivity contribution is 6.31. The summed E-state index contributed by atoms with van der Waals surface area (Å²) in [6, 6.07) is 12.2. The molecule has 108 valence electrons. The van der Waals surface area contributed by atoms with Crippen LogP contribution in [0.15, 0.2) is 48.5 Å². The summed E-state index contributed by atoms with van der Waals surface area (Å²) in [4.78, 5) is 23.2. The summed E-state index contributed by atoms with van der Waals surface area (Å²) in [5.41, 5.74) is 0. The Morgan fingerprint density at radius 1 is 0.762 bits per heavy atom. The van der Waals surface area contributed by atoms with Gasteiger partial charge in [-0.2, -0.15) is 0 Å². The predicted octanol–water partition coefficient (Wildman–Crippen LogP) is 2.86. The summed E-state index contributed by atoms with van der Waals surface area (Å²) in [7, 11) is 1.52. The number of esters is 2. The number of carbonyl (C=O) groups excluding carboxylic acids is 2. The molecule has 0 aliphatic carbocycles. The van der Waals surface area contributed by atoms with Gasteiger partial charge < -0.3 is 14.2 Å². The van der Waals surface area contributed by atoms with Gasteiger partial charge in [-0.1, -0.05) is 11.6 Å². The summed E-state index contributed by atoms with van der Waals surface area (Å²) in [5, 5.41) is 0.496. The van der Waals surface area contributed by atoms with Crippen molar-refractivity contribution in [2.24, 2.45) is 0 Å². The van der Waals surface area contributed by atoms with Crippen LogP contribution in [0.1, 0.15) is 0 Å². The maximum absolute atomic E-state index is 11.6. The molecule has 2 aromatic rings. The highest BCUT2D eigenvalue weighted by atomic mass is 35.5. The van der Waals surface area contributed by atoms with Gasteiger partial charge in [0.1, 0.15) is 17.2 Å². The Labute approximate surface area is 126 Å². The third kappa shape index (κ3) is 4.22. The van der Waals surface area contributed by atoms with Gasteiger partial charge in [0.15, 0.2) is 0 Å². The van der Waals surface area contributed by atoms with Crippen LogP contribution in [0.3, 0.4) is 0 Å². The zero-order valence-electron chi connectivity index (χ0n) is 11.0. The number of hydrogen-bond donors (Lipinski definition) is 0. The molecule has 0 spiro atoms. The van der Waals surface area contributed by atoms with Crippen molar-refractivity contribution in [3.8, 4) is 17.2 Å². The van der Waals surface area contributed by atoms with Gasteiger partial charge in [0.25, 0.3) is 0 Å². The van der Waals surface area contributed by atoms with Crippen LogP contribution in [0, 0.1) is 0 Å². The fourth-order valence-corrected chi connectivity index (χ4v) is 1.57. The molecule has 0 saturated carbocycles. The lowest BCUT2D eigenvalue weighted by Gasteiger charge is -2.05. The van der Waals surface area contributed by atoms with E-state index in [-0.39, 0.29) is 11.5 Å². The van der Waals surface area contributed by atoms with Gasteiger partial charge in [-0.15, -0.1) is 0 Å². The van der Waals surface area contributed by atoms with Crippen LogP contribution in [0.5, 0.6) is 17.2 Å². The van der Waals surface area contributed by atoms with Crippen LogP contribution < -0.4 is 14.2 Å². The SMILES string of the molecule is COc1ccc(OC(=O)C(=O)Oc2ccc(Cl)cc2)cc1. The minimum atomic E-state index is -1.12. The van der Waals surface area contributed by atoms with Crippen molar-refractivity contribution in [3.63, 3.8) is 0 Å². The standard InChI is InChI=1S/C15H11ClO5/c1-19-11-6-8-13(9-7-11)21-15(18)14(17)20-12-4-2-10(16)3-5-12/h2-9H,1H3. The number of rotatable bonds is 3. The molecule has 0 saturated heterocycles. The molecule has 0 N–H and O–H groups in total. The van der Waals surface area contributed by atoms with Gasteiger partial charge in [-0.3, -0.25) is 0 Å². The van der Waals surface area contributed by atoms with Crippen LogP contribution in [0.4, 0.5) is 0 Å². The molecule has 0 bridgehead atoms. The molecule has 0 radical (unpaired) electrons. The molecule has 6 heteroatoms. The van der Waals surface area contributed by atoms with Crippen molar-refractivity contribution >= 4 is 23.5 Å². The monoisotopic (exact) mass is 306 g/mol. The third-order valence-electron chi connectivity index (χ3n) is 2.46. The van der Waals surface area contributed by atoms with E-state index >= 15 is 0 Å². The summed E-state index contributed by atoms with van der Waals surface area (Å²) < 4.78 is 14.7. The topological polar surface area (TPSA) is 61.8 Å². The minimum absolute atomic E-state index is 0.205. The zero-order chi connectivity index (χ0) is 15.2. The first-order valence-corrected chi connectivity index (χ1v) is 6.30. The van der Waals surface area contributed by atoms with Gasteiger partial charge >= 0.3 is 11.9 Å². The Morgan fingerprint density at radius 2 is 1.14 bits per heavy atom. The normalized spacial score (nSPS) is 9.81. The molecule has 0 fully saturated rings. The van der Waals surface area contributed by atoms with Crippen LogP contribution >= 0.6 is 11.6 Å². The van der Waals surface area contributed by atoms with E-state index in [1.165, 1.54) is 31.4 Å². The largest absolute Gasteiger partial charge is 0.497 e. The molecule has 5 nitrogen and oxygen atoms in total. The first-order valence-electron chi connectivity index (χ1n) is 5.92. The summed E-state index contributed by atoms with van der Waals surface area (Å²) >= 11 is 5.70. The van der Waals surface area contributed by atoms with Crippen LogP contribution in [-0.4, -0.2) is 19.0 Å². The Bertz CT molecular complexity index is 634. The van der Waals surface area contributed by atoms with Crippen molar-refractivity contribution in [1.82, 2.24) is 0 Å². The van der Waals surface area contributed by atoms with Crippen LogP contribution in [-0.2, 0) is 9.59 Å². The van der Waals surface area contributed by atoms with Crippen molar-refractivity contribution in [1.29, 1.82) is 0 Å². The van der Waals surface area contributed by atoms with E-state index in [4.69, 9.17) is 25.8 Å². The Morgan fingerprint density at radius 3 is 1.57 bits per heavy atom. The number of carbonyl (C=O) groups is 2. The zero-order valence-corrected chi connectivity index (χ0v) is 11.8. The molecular weight excluding hydrogens is 296 g/mol. The first-order chi connectivity index (χ1) is 10.1. The van der Waals surface area contributed by atoms with E-state index in [0.29, 0.717) is 10.8 Å². The maximum atomic E-state index is 11.6. The molecule has 0 aliphatic heterocycles. The van der Waals surface area contributed by atoms with E-state index in [9.17, 15) is 9.59 Å². The van der Waals surface area contributed by atoms with Gasteiger partial charge in [-0.25, -0.2) is 9.59 Å². The molecule has 0 aromatic heterocycles. The summed E-state index contributed by atoms with van der Waals surface area (Å²) in [6.07, 6.45) is 0. The molecule has 0 heterocycles. The van der Waals surface area contributed by atoms with E-state index in [1.54, 1.807) is 24.3 Å². The molecule has 0 aliphatic rings. The minimum Gasteiger partial charge on any atom is -0.497 e.